The number of hydrogen-bond acceptors (Lipinski definition) is 5. The molecule has 0 atom stereocenters. The number of alkyl carbamates (subject to hydrolysis) is 1. The quantitative estimate of drug-likeness (QED) is 0.463. The molecule has 166 valence electrons. The number of ether oxygens (including phenoxy) is 2. The number of likely N-dealkylation sites (N-methyl/N-ethyl adjacent to an activating group) is 1. The molecule has 0 aromatic carbocycles. The van der Waals surface area contributed by atoms with E-state index in [1.165, 1.54) is 0 Å². The number of carbonyl (C=O) groups excluding carboxylic acids is 2. The van der Waals surface area contributed by atoms with Crippen LogP contribution in [0.4, 0.5) is 4.79 Å². The molecule has 2 N–H and O–H groups in total. The number of nitrogens with zero attached hydrogens (tertiary/aromatic N) is 1. The van der Waals surface area contributed by atoms with Crippen molar-refractivity contribution in [2.75, 3.05) is 46.4 Å². The highest BCUT2D eigenvalue weighted by atomic mass is 16.5. The Balaban J connectivity index is 3.50. The molecule has 0 unspecified atom stereocenters. The summed E-state index contributed by atoms with van der Waals surface area (Å²) in [6.07, 6.45) is 3.55. The summed E-state index contributed by atoms with van der Waals surface area (Å²) in [5, 5.41) is 5.72. The number of rotatable bonds is 13. The maximum absolute atomic E-state index is 11.7. The smallest absolute Gasteiger partial charge is 0.407 e. The first-order chi connectivity index (χ1) is 12.9. The Bertz CT molecular complexity index is 442. The van der Waals surface area contributed by atoms with Crippen LogP contribution < -0.4 is 10.6 Å². The van der Waals surface area contributed by atoms with Crippen LogP contribution >= 0.6 is 0 Å². The van der Waals surface area contributed by atoms with Crippen molar-refractivity contribution in [1.29, 1.82) is 0 Å². The topological polar surface area (TPSA) is 79.9 Å². The van der Waals surface area contributed by atoms with Crippen LogP contribution in [0, 0.1) is 5.41 Å². The highest BCUT2D eigenvalue weighted by molar-refractivity contribution is 5.81. The van der Waals surface area contributed by atoms with Gasteiger partial charge in [0, 0.05) is 31.6 Å². The van der Waals surface area contributed by atoms with Gasteiger partial charge in [0.15, 0.2) is 0 Å². The van der Waals surface area contributed by atoms with E-state index in [1.54, 1.807) is 0 Å². The van der Waals surface area contributed by atoms with E-state index in [0.29, 0.717) is 32.8 Å². The molecule has 7 heteroatoms. The number of hydrogen-bond donors (Lipinski definition) is 2. The zero-order valence-corrected chi connectivity index (χ0v) is 19.2. The van der Waals surface area contributed by atoms with Crippen LogP contribution in [0.25, 0.3) is 0 Å². The van der Waals surface area contributed by atoms with Gasteiger partial charge in [0.05, 0.1) is 12.2 Å². The summed E-state index contributed by atoms with van der Waals surface area (Å²) in [5.74, 6) is 0.0873. The molecule has 0 aromatic heterocycles. The second kappa shape index (κ2) is 13.8. The largest absolute Gasteiger partial charge is 0.448 e. The Kier molecular flexibility index (Phi) is 13.1. The van der Waals surface area contributed by atoms with E-state index in [0.717, 1.165) is 32.2 Å². The first-order valence-corrected chi connectivity index (χ1v) is 10.4. The van der Waals surface area contributed by atoms with Crippen molar-refractivity contribution in [1.82, 2.24) is 15.5 Å². The molecule has 28 heavy (non-hydrogen) atoms. The Morgan fingerprint density at radius 2 is 1.36 bits per heavy atom. The number of unbranched alkanes of at least 4 members (excludes halogenated alkanes) is 3. The van der Waals surface area contributed by atoms with Gasteiger partial charge in [-0.05, 0) is 40.7 Å². The molecule has 0 spiro atoms. The van der Waals surface area contributed by atoms with E-state index in [-0.39, 0.29) is 23.0 Å². The lowest BCUT2D eigenvalue weighted by molar-refractivity contribution is -0.128. The molecular weight excluding hydrogens is 358 g/mol. The van der Waals surface area contributed by atoms with Gasteiger partial charge in [-0.1, -0.05) is 33.6 Å². The van der Waals surface area contributed by atoms with E-state index in [1.807, 2.05) is 48.6 Å². The first kappa shape index (κ1) is 26.7. The normalized spacial score (nSPS) is 12.1. The molecule has 2 amide bonds. The Morgan fingerprint density at radius 3 is 1.89 bits per heavy atom. The van der Waals surface area contributed by atoms with E-state index in [2.05, 4.69) is 15.5 Å². The summed E-state index contributed by atoms with van der Waals surface area (Å²) in [6.45, 7) is 15.7. The zero-order valence-electron chi connectivity index (χ0n) is 19.2. The first-order valence-electron chi connectivity index (χ1n) is 10.4. The number of amides is 2. The van der Waals surface area contributed by atoms with Gasteiger partial charge >= 0.3 is 6.09 Å². The highest BCUT2D eigenvalue weighted by Crippen LogP contribution is 2.12. The van der Waals surface area contributed by atoms with E-state index in [9.17, 15) is 9.59 Å². The van der Waals surface area contributed by atoms with Crippen molar-refractivity contribution in [3.05, 3.63) is 0 Å². The second-order valence-electron chi connectivity index (χ2n) is 9.25. The average molecular weight is 402 g/mol. The van der Waals surface area contributed by atoms with Crippen molar-refractivity contribution in [3.8, 4) is 0 Å². The highest BCUT2D eigenvalue weighted by Gasteiger charge is 2.20. The minimum Gasteiger partial charge on any atom is -0.448 e. The summed E-state index contributed by atoms with van der Waals surface area (Å²) < 4.78 is 10.9. The number of nitrogens with one attached hydrogen (secondary N) is 2. The summed E-state index contributed by atoms with van der Waals surface area (Å²) in [6, 6.07) is 0. The molecule has 0 aliphatic rings. The van der Waals surface area contributed by atoms with Gasteiger partial charge in [-0.3, -0.25) is 4.79 Å². The Morgan fingerprint density at radius 1 is 0.821 bits per heavy atom. The average Bonchev–Trinajstić information content (AvgIpc) is 2.54. The van der Waals surface area contributed by atoms with Gasteiger partial charge in [0.1, 0.15) is 6.61 Å². The van der Waals surface area contributed by atoms with Crippen LogP contribution in [0.5, 0.6) is 0 Å². The Labute approximate surface area is 171 Å². The van der Waals surface area contributed by atoms with Gasteiger partial charge in [0.2, 0.25) is 5.91 Å². The Hall–Kier alpha value is -1.34. The van der Waals surface area contributed by atoms with Crippen molar-refractivity contribution >= 4 is 12.0 Å². The molecule has 0 bridgehead atoms. The molecule has 0 heterocycles. The molecule has 0 saturated heterocycles. The van der Waals surface area contributed by atoms with Gasteiger partial charge < -0.3 is 25.0 Å². The predicted octanol–water partition coefficient (Wildman–Crippen LogP) is 3.18. The summed E-state index contributed by atoms with van der Waals surface area (Å²) in [7, 11) is 1.98. The van der Waals surface area contributed by atoms with Gasteiger partial charge in [0.25, 0.3) is 0 Å². The van der Waals surface area contributed by atoms with E-state index in [4.69, 9.17) is 9.47 Å². The fraction of sp³-hybridized carbons (Fsp3) is 0.905. The third kappa shape index (κ3) is 16.8. The zero-order chi connectivity index (χ0) is 21.6. The molecule has 0 saturated carbocycles. The standard InChI is InChI=1S/C21H43N3O4/c1-20(2,3)18(25)22-12-10-8-9-11-13-23-19(26)27-16-14-24(7)15-17-28-21(4,5)6/h8-17H2,1-7H3,(H,22,25)(H,23,26). The van der Waals surface area contributed by atoms with Crippen LogP contribution in [-0.4, -0.2) is 68.9 Å². The fourth-order valence-corrected chi connectivity index (χ4v) is 2.23. The van der Waals surface area contributed by atoms with Crippen molar-refractivity contribution < 1.29 is 19.1 Å². The van der Waals surface area contributed by atoms with Crippen molar-refractivity contribution in [3.63, 3.8) is 0 Å². The summed E-state index contributed by atoms with van der Waals surface area (Å²) in [4.78, 5) is 25.4. The predicted molar refractivity (Wildman–Crippen MR) is 113 cm³/mol. The molecule has 0 radical (unpaired) electrons. The van der Waals surface area contributed by atoms with Crippen LogP contribution in [-0.2, 0) is 14.3 Å². The SMILES string of the molecule is CN(CCOC(=O)NCCCCCCNC(=O)C(C)(C)C)CCOC(C)(C)C. The van der Waals surface area contributed by atoms with Gasteiger partial charge in [-0.25, -0.2) is 4.79 Å². The lowest BCUT2D eigenvalue weighted by Crippen LogP contribution is -2.35. The lowest BCUT2D eigenvalue weighted by Gasteiger charge is -2.22. The molecule has 0 rings (SSSR count). The minimum absolute atomic E-state index is 0.0873. The summed E-state index contributed by atoms with van der Waals surface area (Å²) in [5.41, 5.74) is -0.461. The minimum atomic E-state index is -0.364. The second-order valence-corrected chi connectivity index (χ2v) is 9.25. The maximum atomic E-state index is 11.7. The molecule has 0 aliphatic carbocycles. The third-order valence-corrected chi connectivity index (χ3v) is 4.05. The lowest BCUT2D eigenvalue weighted by atomic mass is 9.96. The van der Waals surface area contributed by atoms with Crippen molar-refractivity contribution in [2.24, 2.45) is 5.41 Å². The van der Waals surface area contributed by atoms with Gasteiger partial charge in [-0.15, -0.1) is 0 Å². The number of carbonyl (C=O) groups is 2. The fourth-order valence-electron chi connectivity index (χ4n) is 2.23. The van der Waals surface area contributed by atoms with Crippen LogP contribution in [0.15, 0.2) is 0 Å². The molecule has 0 aromatic rings. The third-order valence-electron chi connectivity index (χ3n) is 4.05. The van der Waals surface area contributed by atoms with Crippen molar-refractivity contribution in [2.45, 2.75) is 72.8 Å². The van der Waals surface area contributed by atoms with Crippen LogP contribution in [0.2, 0.25) is 0 Å². The molecule has 0 aliphatic heterocycles. The van der Waals surface area contributed by atoms with E-state index < -0.39 is 0 Å². The monoisotopic (exact) mass is 401 g/mol. The molecular formula is C21H43N3O4. The summed E-state index contributed by atoms with van der Waals surface area (Å²) >= 11 is 0. The van der Waals surface area contributed by atoms with Crippen LogP contribution in [0.3, 0.4) is 0 Å². The maximum Gasteiger partial charge on any atom is 0.407 e. The molecule has 0 fully saturated rings. The van der Waals surface area contributed by atoms with Crippen LogP contribution in [0.1, 0.15) is 67.2 Å². The molecule has 7 nitrogen and oxygen atoms in total. The van der Waals surface area contributed by atoms with Gasteiger partial charge in [-0.2, -0.15) is 0 Å². The van der Waals surface area contributed by atoms with E-state index >= 15 is 0 Å².